The van der Waals surface area contributed by atoms with Crippen LogP contribution < -0.4 is 10.1 Å². The van der Waals surface area contributed by atoms with Gasteiger partial charge in [0.1, 0.15) is 11.3 Å². The van der Waals surface area contributed by atoms with Crippen molar-refractivity contribution in [2.24, 2.45) is 7.05 Å². The molecule has 25 heavy (non-hydrogen) atoms. The fourth-order valence-corrected chi connectivity index (χ4v) is 2.74. The quantitative estimate of drug-likeness (QED) is 0.627. The number of carbonyl (C=O) groups is 2. The lowest BCUT2D eigenvalue weighted by atomic mass is 10.2. The first kappa shape index (κ1) is 18.9. The van der Waals surface area contributed by atoms with Gasteiger partial charge in [-0.05, 0) is 38.3 Å². The normalized spacial score (nSPS) is 10.4. The number of esters is 1. The third kappa shape index (κ3) is 4.33. The van der Waals surface area contributed by atoms with Crippen LogP contribution in [0.2, 0.25) is 0 Å². The van der Waals surface area contributed by atoms with Gasteiger partial charge in [-0.25, -0.2) is 4.79 Å². The molecule has 1 N–H and O–H groups in total. The maximum absolute atomic E-state index is 12.2. The molecule has 7 nitrogen and oxygen atoms in total. The van der Waals surface area contributed by atoms with E-state index in [1.807, 2.05) is 13.2 Å². The van der Waals surface area contributed by atoms with Crippen LogP contribution in [0.3, 0.4) is 0 Å². The summed E-state index contributed by atoms with van der Waals surface area (Å²) < 4.78 is 12.0. The standard InChI is InChI=1S/C17H21N3O4S/c1-10-16(11(2)20(3)19-10)18-15(21)9-24-17(22)13-7-6-12(25-5)8-14(13)23-4/h6-8H,9H2,1-5H3,(H,18,21). The second-order valence-electron chi connectivity index (χ2n) is 5.36. The van der Waals surface area contributed by atoms with Crippen molar-refractivity contribution in [1.82, 2.24) is 9.78 Å². The smallest absolute Gasteiger partial charge is 0.342 e. The van der Waals surface area contributed by atoms with Crippen LogP contribution >= 0.6 is 11.8 Å². The van der Waals surface area contributed by atoms with E-state index >= 15 is 0 Å². The average Bonchev–Trinajstić information content (AvgIpc) is 2.85. The summed E-state index contributed by atoms with van der Waals surface area (Å²) in [7, 11) is 3.28. The summed E-state index contributed by atoms with van der Waals surface area (Å²) in [5.74, 6) is -0.622. The molecule has 0 radical (unpaired) electrons. The second-order valence-corrected chi connectivity index (χ2v) is 6.24. The molecule has 0 aliphatic heterocycles. The summed E-state index contributed by atoms with van der Waals surface area (Å²) in [6.07, 6.45) is 1.93. The number of aryl methyl sites for hydroxylation is 2. The third-order valence-corrected chi connectivity index (χ3v) is 4.46. The predicted molar refractivity (Wildman–Crippen MR) is 96.4 cm³/mol. The maximum atomic E-state index is 12.2. The van der Waals surface area contributed by atoms with Crippen molar-refractivity contribution in [3.8, 4) is 5.75 Å². The first-order valence-corrected chi connectivity index (χ1v) is 8.79. The molecule has 1 heterocycles. The first-order valence-electron chi connectivity index (χ1n) is 7.56. The van der Waals surface area contributed by atoms with Crippen LogP contribution in [0.1, 0.15) is 21.7 Å². The van der Waals surface area contributed by atoms with Gasteiger partial charge in [0.2, 0.25) is 0 Å². The Balaban J connectivity index is 2.01. The lowest BCUT2D eigenvalue weighted by Gasteiger charge is -2.10. The number of thioether (sulfide) groups is 1. The van der Waals surface area contributed by atoms with E-state index in [1.165, 1.54) is 18.9 Å². The highest BCUT2D eigenvalue weighted by Gasteiger charge is 2.17. The Morgan fingerprint density at radius 2 is 2.04 bits per heavy atom. The number of carbonyl (C=O) groups excluding carboxylic acids is 2. The maximum Gasteiger partial charge on any atom is 0.342 e. The summed E-state index contributed by atoms with van der Waals surface area (Å²) in [5.41, 5.74) is 2.44. The Morgan fingerprint density at radius 3 is 2.60 bits per heavy atom. The molecular weight excluding hydrogens is 342 g/mol. The fraction of sp³-hybridized carbons (Fsp3) is 0.353. The van der Waals surface area contributed by atoms with Gasteiger partial charge in [-0.2, -0.15) is 5.10 Å². The van der Waals surface area contributed by atoms with Crippen LogP contribution in [0, 0.1) is 13.8 Å². The van der Waals surface area contributed by atoms with Gasteiger partial charge in [-0.1, -0.05) is 0 Å². The summed E-state index contributed by atoms with van der Waals surface area (Å²) in [6, 6.07) is 5.18. The van der Waals surface area contributed by atoms with Crippen molar-refractivity contribution in [3.05, 3.63) is 35.2 Å². The zero-order chi connectivity index (χ0) is 18.6. The SMILES string of the molecule is COc1cc(SC)ccc1C(=O)OCC(=O)Nc1c(C)nn(C)c1C. The number of benzene rings is 1. The predicted octanol–water partition coefficient (Wildman–Crippen LogP) is 2.56. The van der Waals surface area contributed by atoms with Crippen molar-refractivity contribution >= 4 is 29.3 Å². The second kappa shape index (κ2) is 8.06. The Bertz CT molecular complexity index is 801. The van der Waals surface area contributed by atoms with Crippen molar-refractivity contribution < 1.29 is 19.1 Å². The van der Waals surface area contributed by atoms with Crippen LogP contribution in [0.4, 0.5) is 5.69 Å². The molecule has 1 amide bonds. The summed E-state index contributed by atoms with van der Waals surface area (Å²) >= 11 is 1.54. The molecule has 0 aliphatic carbocycles. The van der Waals surface area contributed by atoms with E-state index in [-0.39, 0.29) is 12.2 Å². The number of hydrogen-bond donors (Lipinski definition) is 1. The molecule has 0 bridgehead atoms. The third-order valence-electron chi connectivity index (χ3n) is 3.74. The molecule has 0 spiro atoms. The Morgan fingerprint density at radius 1 is 1.32 bits per heavy atom. The Kier molecular flexibility index (Phi) is 6.08. The summed E-state index contributed by atoms with van der Waals surface area (Å²) in [6.45, 7) is 3.26. The van der Waals surface area contributed by atoms with Crippen molar-refractivity contribution in [2.45, 2.75) is 18.7 Å². The van der Waals surface area contributed by atoms with Crippen molar-refractivity contribution in [2.75, 3.05) is 25.3 Å². The van der Waals surface area contributed by atoms with Gasteiger partial charge in [0.05, 0.1) is 24.2 Å². The lowest BCUT2D eigenvalue weighted by molar-refractivity contribution is -0.119. The van der Waals surface area contributed by atoms with E-state index in [9.17, 15) is 9.59 Å². The van der Waals surface area contributed by atoms with Gasteiger partial charge in [0.25, 0.3) is 5.91 Å². The zero-order valence-electron chi connectivity index (χ0n) is 14.9. The highest BCUT2D eigenvalue weighted by atomic mass is 32.2. The van der Waals surface area contributed by atoms with Crippen LogP contribution in [-0.4, -0.2) is 41.6 Å². The number of rotatable bonds is 6. The molecule has 1 aromatic heterocycles. The van der Waals surface area contributed by atoms with E-state index < -0.39 is 11.9 Å². The van der Waals surface area contributed by atoms with Crippen LogP contribution in [0.25, 0.3) is 0 Å². The summed E-state index contributed by atoms with van der Waals surface area (Å²) in [4.78, 5) is 25.2. The number of anilines is 1. The van der Waals surface area contributed by atoms with Gasteiger partial charge in [-0.3, -0.25) is 9.48 Å². The minimum atomic E-state index is -0.612. The van der Waals surface area contributed by atoms with E-state index in [1.54, 1.807) is 36.9 Å². The Hall–Kier alpha value is -2.48. The number of aromatic nitrogens is 2. The number of nitrogens with one attached hydrogen (secondary N) is 1. The molecule has 8 heteroatoms. The monoisotopic (exact) mass is 363 g/mol. The molecule has 0 fully saturated rings. The number of ether oxygens (including phenoxy) is 2. The number of nitrogens with zero attached hydrogens (tertiary/aromatic N) is 2. The number of hydrogen-bond acceptors (Lipinski definition) is 6. The van der Waals surface area contributed by atoms with Crippen LogP contribution in [0.5, 0.6) is 5.75 Å². The minimum Gasteiger partial charge on any atom is -0.496 e. The van der Waals surface area contributed by atoms with E-state index in [0.29, 0.717) is 17.1 Å². The Labute approximate surface area is 150 Å². The molecule has 0 saturated heterocycles. The fourth-order valence-electron chi connectivity index (χ4n) is 2.31. The summed E-state index contributed by atoms with van der Waals surface area (Å²) in [5, 5.41) is 6.94. The van der Waals surface area contributed by atoms with Crippen molar-refractivity contribution in [3.63, 3.8) is 0 Å². The van der Waals surface area contributed by atoms with E-state index in [2.05, 4.69) is 10.4 Å². The van der Waals surface area contributed by atoms with Gasteiger partial charge >= 0.3 is 5.97 Å². The lowest BCUT2D eigenvalue weighted by Crippen LogP contribution is -2.21. The molecule has 134 valence electrons. The highest BCUT2D eigenvalue weighted by molar-refractivity contribution is 7.98. The largest absolute Gasteiger partial charge is 0.496 e. The molecule has 2 aromatic rings. The van der Waals surface area contributed by atoms with Gasteiger partial charge in [-0.15, -0.1) is 11.8 Å². The molecule has 0 unspecified atom stereocenters. The van der Waals surface area contributed by atoms with E-state index in [0.717, 1.165) is 10.6 Å². The zero-order valence-corrected chi connectivity index (χ0v) is 15.7. The van der Waals surface area contributed by atoms with Gasteiger partial charge in [0, 0.05) is 11.9 Å². The molecule has 2 rings (SSSR count). The number of methoxy groups -OCH3 is 1. The molecule has 0 saturated carbocycles. The number of amides is 1. The topological polar surface area (TPSA) is 82.4 Å². The minimum absolute atomic E-state index is 0.279. The molecular formula is C17H21N3O4S. The molecule has 0 atom stereocenters. The molecule has 1 aromatic carbocycles. The molecule has 0 aliphatic rings. The van der Waals surface area contributed by atoms with Gasteiger partial charge < -0.3 is 14.8 Å². The van der Waals surface area contributed by atoms with Crippen molar-refractivity contribution in [1.29, 1.82) is 0 Å². The highest BCUT2D eigenvalue weighted by Crippen LogP contribution is 2.26. The average molecular weight is 363 g/mol. The van der Waals surface area contributed by atoms with Crippen LogP contribution in [0.15, 0.2) is 23.1 Å². The van der Waals surface area contributed by atoms with Crippen LogP contribution in [-0.2, 0) is 16.6 Å². The van der Waals surface area contributed by atoms with E-state index in [4.69, 9.17) is 9.47 Å². The first-order chi connectivity index (χ1) is 11.9. The van der Waals surface area contributed by atoms with Gasteiger partial charge in [0.15, 0.2) is 6.61 Å².